The molecule has 1 fully saturated rings. The number of rotatable bonds is 3. The lowest BCUT2D eigenvalue weighted by Crippen LogP contribution is -2.47. The van der Waals surface area contributed by atoms with Crippen LogP contribution in [0.15, 0.2) is 0 Å². The Morgan fingerprint density at radius 2 is 2.31 bits per heavy atom. The van der Waals surface area contributed by atoms with Gasteiger partial charge in [-0.25, -0.2) is 0 Å². The van der Waals surface area contributed by atoms with Gasteiger partial charge in [-0.2, -0.15) is 5.26 Å². The molecule has 74 valence electrons. The minimum absolute atomic E-state index is 0.201. The van der Waals surface area contributed by atoms with Gasteiger partial charge in [-0.15, -0.1) is 0 Å². The van der Waals surface area contributed by atoms with Gasteiger partial charge in [0.1, 0.15) is 5.54 Å². The standard InChI is InChI=1S/C11H20N2/c1-3-10-6-5-7-11(8-10,9-12)13-4-2/h10,13H,3-8H2,1-2H3. The molecule has 0 heterocycles. The normalized spacial score (nSPS) is 34.1. The summed E-state index contributed by atoms with van der Waals surface area (Å²) in [6.07, 6.45) is 5.82. The Kier molecular flexibility index (Phi) is 3.74. The molecule has 0 aliphatic heterocycles. The molecule has 0 spiro atoms. The first-order valence-corrected chi connectivity index (χ1v) is 5.42. The van der Waals surface area contributed by atoms with Crippen molar-refractivity contribution in [2.45, 2.75) is 51.5 Å². The minimum Gasteiger partial charge on any atom is -0.300 e. The van der Waals surface area contributed by atoms with E-state index in [1.807, 2.05) is 0 Å². The van der Waals surface area contributed by atoms with Gasteiger partial charge in [0.25, 0.3) is 0 Å². The molecule has 0 bridgehead atoms. The van der Waals surface area contributed by atoms with Crippen LogP contribution in [0.3, 0.4) is 0 Å². The molecular formula is C11H20N2. The summed E-state index contributed by atoms with van der Waals surface area (Å²) in [5.41, 5.74) is -0.201. The third-order valence-electron chi connectivity index (χ3n) is 3.16. The molecule has 2 heteroatoms. The molecule has 2 unspecified atom stereocenters. The van der Waals surface area contributed by atoms with Crippen molar-refractivity contribution in [2.24, 2.45) is 5.92 Å². The molecule has 2 nitrogen and oxygen atoms in total. The van der Waals surface area contributed by atoms with Gasteiger partial charge in [0, 0.05) is 0 Å². The average molecular weight is 180 g/mol. The van der Waals surface area contributed by atoms with E-state index in [0.29, 0.717) is 0 Å². The highest BCUT2D eigenvalue weighted by molar-refractivity contribution is 5.09. The van der Waals surface area contributed by atoms with Crippen LogP contribution in [0.5, 0.6) is 0 Å². The monoisotopic (exact) mass is 180 g/mol. The van der Waals surface area contributed by atoms with E-state index in [9.17, 15) is 5.26 Å². The Hall–Kier alpha value is -0.550. The zero-order valence-corrected chi connectivity index (χ0v) is 8.77. The summed E-state index contributed by atoms with van der Waals surface area (Å²) in [6.45, 7) is 5.21. The Morgan fingerprint density at radius 1 is 1.54 bits per heavy atom. The summed E-state index contributed by atoms with van der Waals surface area (Å²) in [5, 5.41) is 12.5. The van der Waals surface area contributed by atoms with E-state index in [1.54, 1.807) is 0 Å². The molecule has 0 aromatic heterocycles. The molecule has 2 atom stereocenters. The first-order valence-electron chi connectivity index (χ1n) is 5.42. The van der Waals surface area contributed by atoms with Crippen LogP contribution in [-0.4, -0.2) is 12.1 Å². The van der Waals surface area contributed by atoms with Gasteiger partial charge in [0.15, 0.2) is 0 Å². The summed E-state index contributed by atoms with van der Waals surface area (Å²) in [4.78, 5) is 0. The highest BCUT2D eigenvalue weighted by Crippen LogP contribution is 2.33. The SMILES string of the molecule is CCNC1(C#N)CCCC(CC)C1. The molecule has 1 N–H and O–H groups in total. The van der Waals surface area contributed by atoms with Crippen molar-refractivity contribution in [3.05, 3.63) is 0 Å². The second-order valence-electron chi connectivity index (χ2n) is 4.09. The Labute approximate surface area is 81.3 Å². The fourth-order valence-corrected chi connectivity index (χ4v) is 2.38. The fraction of sp³-hybridized carbons (Fsp3) is 0.909. The Morgan fingerprint density at radius 3 is 2.85 bits per heavy atom. The molecule has 1 aliphatic carbocycles. The van der Waals surface area contributed by atoms with E-state index in [-0.39, 0.29) is 5.54 Å². The molecule has 1 aliphatic rings. The van der Waals surface area contributed by atoms with Crippen LogP contribution in [0.1, 0.15) is 46.0 Å². The molecule has 0 radical (unpaired) electrons. The van der Waals surface area contributed by atoms with Crippen LogP contribution >= 0.6 is 0 Å². The number of hydrogen-bond acceptors (Lipinski definition) is 2. The van der Waals surface area contributed by atoms with E-state index in [4.69, 9.17) is 0 Å². The second-order valence-corrected chi connectivity index (χ2v) is 4.09. The van der Waals surface area contributed by atoms with Crippen molar-refractivity contribution >= 4 is 0 Å². The molecule has 1 rings (SSSR count). The average Bonchev–Trinajstić information content (AvgIpc) is 2.19. The van der Waals surface area contributed by atoms with Crippen LogP contribution in [-0.2, 0) is 0 Å². The van der Waals surface area contributed by atoms with E-state index < -0.39 is 0 Å². The quantitative estimate of drug-likeness (QED) is 0.724. The van der Waals surface area contributed by atoms with Crippen LogP contribution in [0.2, 0.25) is 0 Å². The Balaban J connectivity index is 2.59. The topological polar surface area (TPSA) is 35.8 Å². The summed E-state index contributed by atoms with van der Waals surface area (Å²) >= 11 is 0. The highest BCUT2D eigenvalue weighted by Gasteiger charge is 2.34. The number of nitrogens with one attached hydrogen (secondary N) is 1. The third kappa shape index (κ3) is 2.45. The predicted molar refractivity (Wildman–Crippen MR) is 54.3 cm³/mol. The van der Waals surface area contributed by atoms with Crippen molar-refractivity contribution in [3.8, 4) is 6.07 Å². The summed E-state index contributed by atoms with van der Waals surface area (Å²) in [7, 11) is 0. The fourth-order valence-electron chi connectivity index (χ4n) is 2.38. The first-order chi connectivity index (χ1) is 6.26. The van der Waals surface area contributed by atoms with Crippen molar-refractivity contribution < 1.29 is 0 Å². The van der Waals surface area contributed by atoms with Gasteiger partial charge >= 0.3 is 0 Å². The van der Waals surface area contributed by atoms with Crippen molar-refractivity contribution in [1.82, 2.24) is 5.32 Å². The zero-order valence-electron chi connectivity index (χ0n) is 8.77. The van der Waals surface area contributed by atoms with Gasteiger partial charge < -0.3 is 0 Å². The minimum atomic E-state index is -0.201. The molecule has 1 saturated carbocycles. The lowest BCUT2D eigenvalue weighted by Gasteiger charge is -2.36. The smallest absolute Gasteiger partial charge is 0.107 e. The molecule has 0 aromatic carbocycles. The van der Waals surface area contributed by atoms with Crippen LogP contribution < -0.4 is 5.32 Å². The van der Waals surface area contributed by atoms with Crippen LogP contribution in [0.4, 0.5) is 0 Å². The Bertz CT molecular complexity index is 191. The van der Waals surface area contributed by atoms with Crippen molar-refractivity contribution in [1.29, 1.82) is 5.26 Å². The van der Waals surface area contributed by atoms with Crippen molar-refractivity contribution in [2.75, 3.05) is 6.54 Å². The maximum Gasteiger partial charge on any atom is 0.107 e. The lowest BCUT2D eigenvalue weighted by atomic mass is 9.75. The summed E-state index contributed by atoms with van der Waals surface area (Å²) < 4.78 is 0. The number of hydrogen-bond donors (Lipinski definition) is 1. The van der Waals surface area contributed by atoms with Crippen molar-refractivity contribution in [3.63, 3.8) is 0 Å². The summed E-state index contributed by atoms with van der Waals surface area (Å²) in [5.74, 6) is 0.757. The highest BCUT2D eigenvalue weighted by atomic mass is 15.0. The van der Waals surface area contributed by atoms with E-state index in [0.717, 1.165) is 25.3 Å². The van der Waals surface area contributed by atoms with Gasteiger partial charge in [0.2, 0.25) is 0 Å². The maximum atomic E-state index is 9.17. The van der Waals surface area contributed by atoms with Gasteiger partial charge in [0.05, 0.1) is 6.07 Å². The van der Waals surface area contributed by atoms with Gasteiger partial charge in [-0.1, -0.05) is 33.1 Å². The molecule has 13 heavy (non-hydrogen) atoms. The first kappa shape index (κ1) is 10.5. The third-order valence-corrected chi connectivity index (χ3v) is 3.16. The van der Waals surface area contributed by atoms with Crippen LogP contribution in [0, 0.1) is 17.2 Å². The van der Waals surface area contributed by atoms with E-state index in [2.05, 4.69) is 25.2 Å². The van der Waals surface area contributed by atoms with E-state index >= 15 is 0 Å². The second kappa shape index (κ2) is 4.62. The largest absolute Gasteiger partial charge is 0.300 e. The number of nitrogens with zero attached hydrogens (tertiary/aromatic N) is 1. The molecule has 0 aromatic rings. The summed E-state index contributed by atoms with van der Waals surface area (Å²) in [6, 6.07) is 2.47. The van der Waals surface area contributed by atoms with Gasteiger partial charge in [-0.05, 0) is 25.3 Å². The molecule has 0 amide bonds. The van der Waals surface area contributed by atoms with E-state index in [1.165, 1.54) is 19.3 Å². The predicted octanol–water partition coefficient (Wildman–Crippen LogP) is 2.46. The zero-order chi connectivity index (χ0) is 9.73. The molecule has 0 saturated heterocycles. The number of nitriles is 1. The van der Waals surface area contributed by atoms with Gasteiger partial charge in [-0.3, -0.25) is 5.32 Å². The molecular weight excluding hydrogens is 160 g/mol. The maximum absolute atomic E-state index is 9.17. The lowest BCUT2D eigenvalue weighted by molar-refractivity contribution is 0.228. The van der Waals surface area contributed by atoms with Crippen LogP contribution in [0.25, 0.3) is 0 Å².